The smallest absolute Gasteiger partial charge is 0.243 e. The van der Waals surface area contributed by atoms with Crippen LogP contribution in [0.3, 0.4) is 0 Å². The van der Waals surface area contributed by atoms with E-state index in [1.165, 1.54) is 0 Å². The Balaban J connectivity index is 2.66. The fraction of sp³-hybridized carbons (Fsp3) is 0.353. The van der Waals surface area contributed by atoms with Crippen LogP contribution in [-0.2, 0) is 30.4 Å². The lowest BCUT2D eigenvalue weighted by molar-refractivity contribution is -0.131. The van der Waals surface area contributed by atoms with Gasteiger partial charge in [0.15, 0.2) is 0 Å². The molecule has 0 aliphatic rings. The number of carbonyl (C=O) groups is 5. The number of rotatable bonds is 11. The minimum absolute atomic E-state index is 0.173. The van der Waals surface area contributed by atoms with Gasteiger partial charge in [0.05, 0.1) is 26.2 Å². The van der Waals surface area contributed by atoms with E-state index in [9.17, 15) is 24.0 Å². The van der Waals surface area contributed by atoms with Gasteiger partial charge in [-0.1, -0.05) is 30.3 Å². The number of amides is 5. The number of nitrogens with two attached hydrogens (primary N) is 2. The van der Waals surface area contributed by atoms with Crippen molar-refractivity contribution in [3.05, 3.63) is 35.9 Å². The molecule has 11 nitrogen and oxygen atoms in total. The summed E-state index contributed by atoms with van der Waals surface area (Å²) in [6.45, 7) is -1.34. The van der Waals surface area contributed by atoms with Crippen molar-refractivity contribution in [1.29, 1.82) is 0 Å². The van der Waals surface area contributed by atoms with Gasteiger partial charge < -0.3 is 32.7 Å². The lowest BCUT2D eigenvalue weighted by Gasteiger charge is -2.19. The SMILES string of the molecule is NCC(=O)NCC(=O)N[C@@H](Cc1ccccc1)C(=O)NCC(=O)NCC(N)=O. The number of carbonyl (C=O) groups excluding carboxylic acids is 5. The van der Waals surface area contributed by atoms with E-state index in [0.717, 1.165) is 5.56 Å². The maximum atomic E-state index is 12.4. The van der Waals surface area contributed by atoms with Crippen molar-refractivity contribution >= 4 is 29.5 Å². The first kappa shape index (κ1) is 22.6. The Morgan fingerprint density at radius 2 is 1.43 bits per heavy atom. The molecule has 28 heavy (non-hydrogen) atoms. The molecule has 0 saturated carbocycles. The fourth-order valence-electron chi connectivity index (χ4n) is 2.09. The second kappa shape index (κ2) is 12.0. The van der Waals surface area contributed by atoms with Gasteiger partial charge in [-0.25, -0.2) is 0 Å². The van der Waals surface area contributed by atoms with Gasteiger partial charge in [0.1, 0.15) is 6.04 Å². The molecule has 0 aliphatic heterocycles. The molecule has 1 atom stereocenters. The molecule has 0 spiro atoms. The molecule has 0 aromatic heterocycles. The van der Waals surface area contributed by atoms with E-state index in [4.69, 9.17) is 11.5 Å². The van der Waals surface area contributed by atoms with Gasteiger partial charge in [-0.15, -0.1) is 0 Å². The maximum absolute atomic E-state index is 12.4. The van der Waals surface area contributed by atoms with Gasteiger partial charge >= 0.3 is 0 Å². The highest BCUT2D eigenvalue weighted by Gasteiger charge is 2.22. The van der Waals surface area contributed by atoms with Crippen LogP contribution in [0.25, 0.3) is 0 Å². The van der Waals surface area contributed by atoms with Crippen molar-refractivity contribution < 1.29 is 24.0 Å². The molecular formula is C17H24N6O5. The third-order valence-electron chi connectivity index (χ3n) is 3.45. The monoisotopic (exact) mass is 392 g/mol. The van der Waals surface area contributed by atoms with E-state index in [2.05, 4.69) is 21.3 Å². The predicted octanol–water partition coefficient (Wildman–Crippen LogP) is -3.49. The quantitative estimate of drug-likeness (QED) is 0.227. The predicted molar refractivity (Wildman–Crippen MR) is 99.4 cm³/mol. The summed E-state index contributed by atoms with van der Waals surface area (Å²) in [5.74, 6) is -3.02. The van der Waals surface area contributed by atoms with Crippen molar-refractivity contribution in [2.24, 2.45) is 11.5 Å². The largest absolute Gasteiger partial charge is 0.368 e. The molecule has 0 aliphatic carbocycles. The molecule has 11 heteroatoms. The third-order valence-corrected chi connectivity index (χ3v) is 3.45. The molecule has 0 saturated heterocycles. The van der Waals surface area contributed by atoms with Gasteiger partial charge in [0.25, 0.3) is 0 Å². The maximum Gasteiger partial charge on any atom is 0.243 e. The zero-order valence-electron chi connectivity index (χ0n) is 15.2. The third kappa shape index (κ3) is 9.29. The molecule has 1 aromatic rings. The van der Waals surface area contributed by atoms with Gasteiger partial charge in [-0.2, -0.15) is 0 Å². The standard InChI is InChI=1S/C17H24N6O5/c18-7-14(25)21-10-16(27)23-12(6-11-4-2-1-3-5-11)17(28)22-9-15(26)20-8-13(19)24/h1-5,12H,6-10,18H2,(H2,19,24)(H,20,26)(H,21,25)(H,22,28)(H,23,27)/t12-/m0/s1. The van der Waals surface area contributed by atoms with Crippen LogP contribution in [0.5, 0.6) is 0 Å². The molecule has 0 heterocycles. The lowest BCUT2D eigenvalue weighted by atomic mass is 10.1. The summed E-state index contributed by atoms with van der Waals surface area (Å²) in [5, 5.41) is 9.42. The average Bonchev–Trinajstić information content (AvgIpc) is 2.68. The van der Waals surface area contributed by atoms with Crippen molar-refractivity contribution in [2.75, 3.05) is 26.2 Å². The summed E-state index contributed by atoms with van der Waals surface area (Å²) in [7, 11) is 0. The molecule has 0 unspecified atom stereocenters. The molecular weight excluding hydrogens is 368 g/mol. The molecule has 8 N–H and O–H groups in total. The summed E-state index contributed by atoms with van der Waals surface area (Å²) in [6, 6.07) is 7.96. The van der Waals surface area contributed by atoms with Crippen LogP contribution in [0.2, 0.25) is 0 Å². The number of nitrogens with one attached hydrogen (secondary N) is 4. The molecule has 5 amide bonds. The van der Waals surface area contributed by atoms with Crippen LogP contribution in [0.4, 0.5) is 0 Å². The van der Waals surface area contributed by atoms with E-state index in [1.807, 2.05) is 6.07 Å². The van der Waals surface area contributed by atoms with Crippen LogP contribution >= 0.6 is 0 Å². The minimum atomic E-state index is -0.978. The molecule has 0 radical (unpaired) electrons. The fourth-order valence-corrected chi connectivity index (χ4v) is 2.09. The van der Waals surface area contributed by atoms with Crippen LogP contribution in [0, 0.1) is 0 Å². The average molecular weight is 392 g/mol. The van der Waals surface area contributed by atoms with Crippen molar-refractivity contribution in [2.45, 2.75) is 12.5 Å². The Hall–Kier alpha value is -3.47. The highest BCUT2D eigenvalue weighted by Crippen LogP contribution is 2.03. The first-order valence-corrected chi connectivity index (χ1v) is 8.44. The van der Waals surface area contributed by atoms with Crippen LogP contribution in [0.15, 0.2) is 30.3 Å². The lowest BCUT2D eigenvalue weighted by Crippen LogP contribution is -2.52. The highest BCUT2D eigenvalue weighted by molar-refractivity contribution is 5.92. The highest BCUT2D eigenvalue weighted by atomic mass is 16.2. The second-order valence-electron chi connectivity index (χ2n) is 5.75. The van der Waals surface area contributed by atoms with Gasteiger partial charge in [0, 0.05) is 6.42 Å². The second-order valence-corrected chi connectivity index (χ2v) is 5.75. The number of benzene rings is 1. The van der Waals surface area contributed by atoms with E-state index >= 15 is 0 Å². The molecule has 0 bridgehead atoms. The van der Waals surface area contributed by atoms with Crippen LogP contribution < -0.4 is 32.7 Å². The Morgan fingerprint density at radius 3 is 2.04 bits per heavy atom. The molecule has 0 fully saturated rings. The number of hydrogen-bond acceptors (Lipinski definition) is 6. The molecule has 1 aromatic carbocycles. The molecule has 1 rings (SSSR count). The summed E-state index contributed by atoms with van der Waals surface area (Å²) in [6.07, 6.45) is 0.173. The Morgan fingerprint density at radius 1 is 0.821 bits per heavy atom. The summed E-state index contributed by atoms with van der Waals surface area (Å²) < 4.78 is 0. The Kier molecular flexibility index (Phi) is 9.68. The van der Waals surface area contributed by atoms with Gasteiger partial charge in [-0.05, 0) is 5.56 Å². The summed E-state index contributed by atoms with van der Waals surface area (Å²) in [4.78, 5) is 57.8. The zero-order chi connectivity index (χ0) is 20.9. The summed E-state index contributed by atoms with van der Waals surface area (Å²) >= 11 is 0. The zero-order valence-corrected chi connectivity index (χ0v) is 15.2. The molecule has 152 valence electrons. The first-order chi connectivity index (χ1) is 13.3. The summed E-state index contributed by atoms with van der Waals surface area (Å²) in [5.41, 5.74) is 10.9. The van der Waals surface area contributed by atoms with Gasteiger partial charge in [0.2, 0.25) is 29.5 Å². The van der Waals surface area contributed by atoms with Crippen LogP contribution in [0.1, 0.15) is 5.56 Å². The Labute approximate surface area is 161 Å². The van der Waals surface area contributed by atoms with Gasteiger partial charge in [-0.3, -0.25) is 24.0 Å². The number of hydrogen-bond donors (Lipinski definition) is 6. The Bertz CT molecular complexity index is 709. The first-order valence-electron chi connectivity index (χ1n) is 8.44. The number of primary amides is 1. The topological polar surface area (TPSA) is 186 Å². The van der Waals surface area contributed by atoms with E-state index < -0.39 is 42.1 Å². The minimum Gasteiger partial charge on any atom is -0.368 e. The van der Waals surface area contributed by atoms with E-state index in [-0.39, 0.29) is 26.1 Å². The van der Waals surface area contributed by atoms with Crippen molar-refractivity contribution in [3.8, 4) is 0 Å². The van der Waals surface area contributed by atoms with Crippen molar-refractivity contribution in [1.82, 2.24) is 21.3 Å². The normalized spacial score (nSPS) is 11.0. The van der Waals surface area contributed by atoms with E-state index in [1.54, 1.807) is 24.3 Å². The van der Waals surface area contributed by atoms with Crippen molar-refractivity contribution in [3.63, 3.8) is 0 Å². The van der Waals surface area contributed by atoms with E-state index in [0.29, 0.717) is 0 Å². The van der Waals surface area contributed by atoms with Crippen LogP contribution in [-0.4, -0.2) is 61.8 Å².